The molecular formula is C14H22O. The smallest absolute Gasteiger partial charge is 0.0799 e. The molecule has 0 heterocycles. The van der Waals surface area contributed by atoms with Gasteiger partial charge in [0.2, 0.25) is 0 Å². The van der Waals surface area contributed by atoms with E-state index in [0.717, 1.165) is 23.7 Å². The lowest BCUT2D eigenvalue weighted by Crippen LogP contribution is -2.34. The molecule has 15 heavy (non-hydrogen) atoms. The number of allylic oxidation sites excluding steroid dienone is 1. The molecule has 0 aromatic carbocycles. The summed E-state index contributed by atoms with van der Waals surface area (Å²) in [6.07, 6.45) is 9.60. The Morgan fingerprint density at radius 3 is 2.53 bits per heavy atom. The van der Waals surface area contributed by atoms with E-state index in [0.29, 0.717) is 6.10 Å². The highest BCUT2D eigenvalue weighted by molar-refractivity contribution is 5.17. The first kappa shape index (κ1) is 9.89. The monoisotopic (exact) mass is 206 g/mol. The maximum absolute atomic E-state index is 6.18. The zero-order valence-electron chi connectivity index (χ0n) is 10.1. The van der Waals surface area contributed by atoms with Crippen molar-refractivity contribution in [2.24, 2.45) is 23.7 Å². The topological polar surface area (TPSA) is 9.23 Å². The average Bonchev–Trinajstić information content (AvgIpc) is 2.72. The Labute approximate surface area is 92.9 Å². The number of fused-ring (bicyclic) bond motifs is 5. The van der Waals surface area contributed by atoms with Crippen molar-refractivity contribution in [3.8, 4) is 0 Å². The molecule has 1 nitrogen and oxygen atoms in total. The number of hydrogen-bond acceptors (Lipinski definition) is 1. The van der Waals surface area contributed by atoms with Crippen LogP contribution in [0.1, 0.15) is 40.0 Å². The quantitative estimate of drug-likeness (QED) is 0.597. The summed E-state index contributed by atoms with van der Waals surface area (Å²) in [6, 6.07) is 0. The van der Waals surface area contributed by atoms with Gasteiger partial charge in [-0.25, -0.2) is 0 Å². The van der Waals surface area contributed by atoms with Gasteiger partial charge < -0.3 is 4.74 Å². The van der Waals surface area contributed by atoms with Crippen molar-refractivity contribution in [2.45, 2.75) is 51.7 Å². The van der Waals surface area contributed by atoms with Crippen LogP contribution in [0.4, 0.5) is 0 Å². The lowest BCUT2D eigenvalue weighted by molar-refractivity contribution is -0.0715. The normalized spacial score (nSPS) is 47.5. The SMILES string of the molecule is CC(C)(C)O[C@H]1C=CC2C1[C@H]1CC[C@@H]2C1. The molecule has 2 fully saturated rings. The molecule has 0 aromatic rings. The Morgan fingerprint density at radius 2 is 1.80 bits per heavy atom. The van der Waals surface area contributed by atoms with Crippen LogP contribution in [0.15, 0.2) is 12.2 Å². The van der Waals surface area contributed by atoms with Crippen LogP contribution in [-0.4, -0.2) is 11.7 Å². The standard InChI is InChI=1S/C14H22O/c1-14(2,3)15-12-7-6-11-9-4-5-10(8-9)13(11)12/h6-7,9-13H,4-5,8H2,1-3H3/t9-,10+,11?,12+,13?/m1/s1. The van der Waals surface area contributed by atoms with Gasteiger partial charge in [-0.05, 0) is 63.7 Å². The van der Waals surface area contributed by atoms with E-state index in [2.05, 4.69) is 32.9 Å². The van der Waals surface area contributed by atoms with Crippen molar-refractivity contribution in [3.63, 3.8) is 0 Å². The highest BCUT2D eigenvalue weighted by Crippen LogP contribution is 2.57. The molecule has 2 unspecified atom stereocenters. The number of ether oxygens (including phenoxy) is 1. The molecule has 0 spiro atoms. The van der Waals surface area contributed by atoms with Crippen molar-refractivity contribution in [2.75, 3.05) is 0 Å². The Bertz CT molecular complexity index is 286. The molecule has 0 aromatic heterocycles. The molecule has 0 N–H and O–H groups in total. The molecule has 3 rings (SSSR count). The largest absolute Gasteiger partial charge is 0.368 e. The van der Waals surface area contributed by atoms with Crippen LogP contribution in [0.5, 0.6) is 0 Å². The second kappa shape index (κ2) is 3.10. The molecule has 5 atom stereocenters. The van der Waals surface area contributed by atoms with Gasteiger partial charge in [-0.15, -0.1) is 0 Å². The van der Waals surface area contributed by atoms with Gasteiger partial charge in [0.25, 0.3) is 0 Å². The minimum Gasteiger partial charge on any atom is -0.368 e. The Balaban J connectivity index is 1.75. The molecule has 0 saturated heterocycles. The molecule has 0 aliphatic heterocycles. The Kier molecular flexibility index (Phi) is 2.04. The van der Waals surface area contributed by atoms with E-state index in [4.69, 9.17) is 4.74 Å². The summed E-state index contributed by atoms with van der Waals surface area (Å²) in [5, 5.41) is 0. The molecule has 1 heteroatoms. The zero-order valence-corrected chi connectivity index (χ0v) is 10.1. The molecule has 3 aliphatic rings. The van der Waals surface area contributed by atoms with Gasteiger partial charge in [0, 0.05) is 0 Å². The fraction of sp³-hybridized carbons (Fsp3) is 0.857. The van der Waals surface area contributed by atoms with Crippen molar-refractivity contribution in [1.82, 2.24) is 0 Å². The molecule has 0 radical (unpaired) electrons. The minimum atomic E-state index is 0.00568. The fourth-order valence-corrected chi connectivity index (χ4v) is 4.05. The van der Waals surface area contributed by atoms with Gasteiger partial charge in [0.05, 0.1) is 11.7 Å². The van der Waals surface area contributed by atoms with E-state index in [1.807, 2.05) is 0 Å². The van der Waals surface area contributed by atoms with E-state index < -0.39 is 0 Å². The highest BCUT2D eigenvalue weighted by atomic mass is 16.5. The summed E-state index contributed by atoms with van der Waals surface area (Å²) in [6.45, 7) is 6.50. The van der Waals surface area contributed by atoms with Crippen LogP contribution in [-0.2, 0) is 4.74 Å². The van der Waals surface area contributed by atoms with Crippen LogP contribution in [0.2, 0.25) is 0 Å². The molecule has 2 saturated carbocycles. The van der Waals surface area contributed by atoms with E-state index in [1.54, 1.807) is 0 Å². The van der Waals surface area contributed by atoms with Crippen LogP contribution >= 0.6 is 0 Å². The summed E-state index contributed by atoms with van der Waals surface area (Å²) < 4.78 is 6.18. The predicted octanol–water partition coefficient (Wildman–Crippen LogP) is 3.40. The van der Waals surface area contributed by atoms with Gasteiger partial charge in [0.1, 0.15) is 0 Å². The third-order valence-corrected chi connectivity index (χ3v) is 4.44. The third kappa shape index (κ3) is 1.56. The first-order chi connectivity index (χ1) is 7.04. The maximum Gasteiger partial charge on any atom is 0.0799 e. The Hall–Kier alpha value is -0.300. The van der Waals surface area contributed by atoms with E-state index in [-0.39, 0.29) is 5.60 Å². The van der Waals surface area contributed by atoms with Gasteiger partial charge in [-0.2, -0.15) is 0 Å². The summed E-state index contributed by atoms with van der Waals surface area (Å²) in [5.41, 5.74) is 0.00568. The first-order valence-electron chi connectivity index (χ1n) is 6.41. The second-order valence-corrected chi connectivity index (χ2v) is 6.57. The average molecular weight is 206 g/mol. The zero-order chi connectivity index (χ0) is 10.6. The second-order valence-electron chi connectivity index (χ2n) is 6.57. The molecule has 2 bridgehead atoms. The lowest BCUT2D eigenvalue weighted by Gasteiger charge is -2.33. The minimum absolute atomic E-state index is 0.00568. The summed E-state index contributed by atoms with van der Waals surface area (Å²) in [7, 11) is 0. The number of hydrogen-bond donors (Lipinski definition) is 0. The van der Waals surface area contributed by atoms with E-state index >= 15 is 0 Å². The van der Waals surface area contributed by atoms with Gasteiger partial charge in [0.15, 0.2) is 0 Å². The van der Waals surface area contributed by atoms with E-state index in [1.165, 1.54) is 19.3 Å². The third-order valence-electron chi connectivity index (χ3n) is 4.44. The summed E-state index contributed by atoms with van der Waals surface area (Å²) >= 11 is 0. The molecule has 3 aliphatic carbocycles. The van der Waals surface area contributed by atoms with Crippen molar-refractivity contribution >= 4 is 0 Å². The van der Waals surface area contributed by atoms with Crippen LogP contribution in [0.3, 0.4) is 0 Å². The highest BCUT2D eigenvalue weighted by Gasteiger charge is 2.52. The van der Waals surface area contributed by atoms with Crippen molar-refractivity contribution in [1.29, 1.82) is 0 Å². The molecular weight excluding hydrogens is 184 g/mol. The van der Waals surface area contributed by atoms with Gasteiger partial charge >= 0.3 is 0 Å². The van der Waals surface area contributed by atoms with Crippen LogP contribution in [0.25, 0.3) is 0 Å². The lowest BCUT2D eigenvalue weighted by atomic mass is 9.80. The fourth-order valence-electron chi connectivity index (χ4n) is 4.05. The van der Waals surface area contributed by atoms with Crippen LogP contribution in [0, 0.1) is 23.7 Å². The first-order valence-corrected chi connectivity index (χ1v) is 6.41. The van der Waals surface area contributed by atoms with Gasteiger partial charge in [-0.1, -0.05) is 12.2 Å². The Morgan fingerprint density at radius 1 is 1.07 bits per heavy atom. The van der Waals surface area contributed by atoms with Crippen molar-refractivity contribution in [3.05, 3.63) is 12.2 Å². The van der Waals surface area contributed by atoms with Crippen molar-refractivity contribution < 1.29 is 4.74 Å². The van der Waals surface area contributed by atoms with E-state index in [9.17, 15) is 0 Å². The molecule has 84 valence electrons. The summed E-state index contributed by atoms with van der Waals surface area (Å²) in [4.78, 5) is 0. The number of rotatable bonds is 1. The maximum atomic E-state index is 6.18. The molecule has 0 amide bonds. The summed E-state index contributed by atoms with van der Waals surface area (Å²) in [5.74, 6) is 3.63. The van der Waals surface area contributed by atoms with Crippen LogP contribution < -0.4 is 0 Å². The van der Waals surface area contributed by atoms with Gasteiger partial charge in [-0.3, -0.25) is 0 Å². The predicted molar refractivity (Wildman–Crippen MR) is 61.6 cm³/mol.